The minimum absolute atomic E-state index is 0. The third-order valence-corrected chi connectivity index (χ3v) is 2.26. The first-order valence-corrected chi connectivity index (χ1v) is 6.23. The molecule has 1 aromatic carbocycles. The van der Waals surface area contributed by atoms with E-state index in [1.807, 2.05) is 0 Å². The van der Waals surface area contributed by atoms with Gasteiger partial charge in [0.1, 0.15) is 0 Å². The SMILES string of the molecule is CC(O)=CC(C)O.Fc1c[c-]c(-c2ccccn2)c(F)c1.[Ir]. The molecule has 1 aromatic heterocycles. The molecule has 0 saturated carbocycles. The Morgan fingerprint density at radius 1 is 1.36 bits per heavy atom. The molecule has 1 unspecified atom stereocenters. The standard InChI is InChI=1S/C11H6F2N.C5H10O2.Ir/c12-8-4-5-9(10(13)7-8)11-3-1-2-6-14-11;1-4(6)3-5(2)7;/h1-4,6-7H;3-4,6-7H,1-2H3;/q-1;;. The number of rotatable bonds is 2. The number of halogens is 2. The second-order valence-corrected chi connectivity index (χ2v) is 4.30. The molecule has 2 N–H and O–H groups in total. The van der Waals surface area contributed by atoms with Crippen molar-refractivity contribution in [2.45, 2.75) is 20.0 Å². The van der Waals surface area contributed by atoms with Crippen LogP contribution < -0.4 is 0 Å². The number of hydrogen-bond donors (Lipinski definition) is 2. The molecule has 0 bridgehead atoms. The van der Waals surface area contributed by atoms with Gasteiger partial charge in [-0.05, 0) is 31.7 Å². The number of aromatic nitrogens is 1. The Bertz CT molecular complexity index is 600. The molecule has 3 nitrogen and oxygen atoms in total. The van der Waals surface area contributed by atoms with E-state index in [1.54, 1.807) is 31.3 Å². The van der Waals surface area contributed by atoms with Crippen LogP contribution in [0.2, 0.25) is 0 Å². The Labute approximate surface area is 141 Å². The van der Waals surface area contributed by atoms with Crippen molar-refractivity contribution in [3.05, 3.63) is 66.1 Å². The summed E-state index contributed by atoms with van der Waals surface area (Å²) in [5.74, 6) is -1.12. The van der Waals surface area contributed by atoms with Crippen molar-refractivity contribution in [1.29, 1.82) is 0 Å². The van der Waals surface area contributed by atoms with Gasteiger partial charge in [0.15, 0.2) is 0 Å². The second-order valence-electron chi connectivity index (χ2n) is 4.30. The van der Waals surface area contributed by atoms with E-state index in [9.17, 15) is 8.78 Å². The molecule has 0 amide bonds. The summed E-state index contributed by atoms with van der Waals surface area (Å²) in [5.41, 5.74) is 0.636. The second kappa shape index (κ2) is 10.2. The average Bonchev–Trinajstić information content (AvgIpc) is 2.38. The molecule has 2 rings (SSSR count). The summed E-state index contributed by atoms with van der Waals surface area (Å²) in [5, 5.41) is 16.9. The molecule has 2 aromatic rings. The van der Waals surface area contributed by atoms with Crippen LogP contribution in [0, 0.1) is 17.7 Å². The number of benzene rings is 1. The van der Waals surface area contributed by atoms with E-state index in [4.69, 9.17) is 10.2 Å². The zero-order valence-corrected chi connectivity index (χ0v) is 14.4. The van der Waals surface area contributed by atoms with Crippen LogP contribution in [-0.2, 0) is 20.1 Å². The summed E-state index contributed by atoms with van der Waals surface area (Å²) in [7, 11) is 0. The first kappa shape index (κ1) is 20.4. The summed E-state index contributed by atoms with van der Waals surface area (Å²) in [6.45, 7) is 3.10. The van der Waals surface area contributed by atoms with Crippen LogP contribution in [0.1, 0.15) is 13.8 Å². The molecule has 1 radical (unpaired) electrons. The molecule has 0 aliphatic rings. The first-order valence-electron chi connectivity index (χ1n) is 6.23. The van der Waals surface area contributed by atoms with Gasteiger partial charge in [0.25, 0.3) is 0 Å². The molecule has 22 heavy (non-hydrogen) atoms. The molecule has 0 saturated heterocycles. The Morgan fingerprint density at radius 3 is 2.45 bits per heavy atom. The number of nitrogens with zero attached hydrogens (tertiary/aromatic N) is 1. The van der Waals surface area contributed by atoms with Gasteiger partial charge in [-0.25, -0.2) is 0 Å². The summed E-state index contributed by atoms with van der Waals surface area (Å²) in [4.78, 5) is 3.95. The largest absolute Gasteiger partial charge is 0.513 e. The van der Waals surface area contributed by atoms with Crippen molar-refractivity contribution in [3.63, 3.8) is 0 Å². The molecule has 0 aliphatic carbocycles. The zero-order valence-electron chi connectivity index (χ0n) is 12.0. The number of hydrogen-bond acceptors (Lipinski definition) is 3. The van der Waals surface area contributed by atoms with Crippen molar-refractivity contribution in [1.82, 2.24) is 4.98 Å². The minimum atomic E-state index is -0.649. The van der Waals surface area contributed by atoms with Crippen molar-refractivity contribution < 1.29 is 39.1 Å². The molecule has 0 spiro atoms. The van der Waals surface area contributed by atoms with Gasteiger partial charge in [0, 0.05) is 37.9 Å². The number of aliphatic hydroxyl groups excluding tert-OH is 2. The third-order valence-electron chi connectivity index (χ3n) is 2.26. The first-order chi connectivity index (χ1) is 9.90. The van der Waals surface area contributed by atoms with E-state index in [-0.39, 0.29) is 31.4 Å². The van der Waals surface area contributed by atoms with E-state index in [0.29, 0.717) is 5.69 Å². The van der Waals surface area contributed by atoms with Gasteiger partial charge in [-0.15, -0.1) is 12.1 Å². The smallest absolute Gasteiger partial charge is 0.0877 e. The van der Waals surface area contributed by atoms with E-state index >= 15 is 0 Å². The predicted octanol–water partition coefficient (Wildman–Crippen LogP) is 3.65. The third kappa shape index (κ3) is 7.41. The van der Waals surface area contributed by atoms with Crippen LogP contribution in [-0.4, -0.2) is 21.3 Å². The predicted molar refractivity (Wildman–Crippen MR) is 76.5 cm³/mol. The maximum Gasteiger partial charge on any atom is 0.0877 e. The summed E-state index contributed by atoms with van der Waals surface area (Å²) in [6.07, 6.45) is 2.37. The van der Waals surface area contributed by atoms with Crippen molar-refractivity contribution >= 4 is 0 Å². The van der Waals surface area contributed by atoms with Crippen molar-refractivity contribution in [3.8, 4) is 11.3 Å². The summed E-state index contributed by atoms with van der Waals surface area (Å²) >= 11 is 0. The van der Waals surface area contributed by atoms with Gasteiger partial charge < -0.3 is 15.2 Å². The molecular formula is C16H16F2IrNO2-. The van der Waals surface area contributed by atoms with Gasteiger partial charge in [0.05, 0.1) is 11.9 Å². The molecule has 0 aliphatic heterocycles. The van der Waals surface area contributed by atoms with Crippen LogP contribution in [0.25, 0.3) is 11.3 Å². The van der Waals surface area contributed by atoms with Crippen LogP contribution >= 0.6 is 0 Å². The molecule has 1 heterocycles. The topological polar surface area (TPSA) is 53.4 Å². The summed E-state index contributed by atoms with van der Waals surface area (Å²) in [6, 6.07) is 9.53. The number of aliphatic hydroxyl groups is 2. The molecular weight excluding hydrogens is 468 g/mol. The number of allylic oxidation sites excluding steroid dienone is 1. The van der Waals surface area contributed by atoms with E-state index in [2.05, 4.69) is 11.1 Å². The van der Waals surface area contributed by atoms with Gasteiger partial charge in [-0.2, -0.15) is 0 Å². The molecule has 0 fully saturated rings. The van der Waals surface area contributed by atoms with Gasteiger partial charge in [0.2, 0.25) is 0 Å². The maximum atomic E-state index is 13.2. The van der Waals surface area contributed by atoms with Crippen LogP contribution in [0.5, 0.6) is 0 Å². The van der Waals surface area contributed by atoms with Crippen LogP contribution in [0.15, 0.2) is 48.4 Å². The van der Waals surface area contributed by atoms with Crippen LogP contribution in [0.3, 0.4) is 0 Å². The van der Waals surface area contributed by atoms with E-state index < -0.39 is 17.7 Å². The Hall–Kier alpha value is -1.62. The Morgan fingerprint density at radius 2 is 2.05 bits per heavy atom. The Kier molecular flexibility index (Phi) is 9.41. The van der Waals surface area contributed by atoms with Gasteiger partial charge >= 0.3 is 0 Å². The summed E-state index contributed by atoms with van der Waals surface area (Å²) < 4.78 is 25.8. The quantitative estimate of drug-likeness (QED) is 0.506. The zero-order chi connectivity index (χ0) is 15.8. The van der Waals surface area contributed by atoms with Crippen molar-refractivity contribution in [2.24, 2.45) is 0 Å². The molecule has 121 valence electrons. The normalized spacial score (nSPS) is 11.8. The van der Waals surface area contributed by atoms with E-state index in [0.717, 1.165) is 12.1 Å². The fourth-order valence-corrected chi connectivity index (χ4v) is 1.50. The van der Waals surface area contributed by atoms with Crippen molar-refractivity contribution in [2.75, 3.05) is 0 Å². The fraction of sp³-hybridized carbons (Fsp3) is 0.188. The minimum Gasteiger partial charge on any atom is -0.513 e. The fourth-order valence-electron chi connectivity index (χ4n) is 1.50. The molecule has 6 heteroatoms. The van der Waals surface area contributed by atoms with E-state index in [1.165, 1.54) is 13.0 Å². The average molecular weight is 485 g/mol. The van der Waals surface area contributed by atoms with Gasteiger partial charge in [-0.1, -0.05) is 23.8 Å². The van der Waals surface area contributed by atoms with Crippen LogP contribution in [0.4, 0.5) is 8.78 Å². The number of pyridine rings is 1. The molecule has 1 atom stereocenters. The maximum absolute atomic E-state index is 13.2. The monoisotopic (exact) mass is 485 g/mol. The van der Waals surface area contributed by atoms with Gasteiger partial charge in [-0.3, -0.25) is 8.78 Å². The Balaban J connectivity index is 0.000000478.